The summed E-state index contributed by atoms with van der Waals surface area (Å²) >= 11 is 5.79. The number of aliphatic hydroxyl groups excluding tert-OH is 1. The minimum Gasteiger partial charge on any atom is -0.495 e. The molecule has 0 saturated carbocycles. The Morgan fingerprint density at radius 2 is 2.10 bits per heavy atom. The number of hydrogen-bond donors (Lipinski definition) is 3. The summed E-state index contributed by atoms with van der Waals surface area (Å²) in [5.74, 6) is 0.196. The molecule has 114 valence electrons. The molecule has 1 atom stereocenters. The molecule has 0 heterocycles. The van der Waals surface area contributed by atoms with Crippen LogP contribution in [0.5, 0.6) is 5.75 Å². The van der Waals surface area contributed by atoms with Gasteiger partial charge in [-0.3, -0.25) is 0 Å². The highest BCUT2D eigenvalue weighted by Crippen LogP contribution is 2.26. The number of hydrogen-bond acceptors (Lipinski definition) is 5. The van der Waals surface area contributed by atoms with E-state index in [2.05, 4.69) is 10.0 Å². The van der Waals surface area contributed by atoms with Gasteiger partial charge in [0.2, 0.25) is 10.0 Å². The zero-order chi connectivity index (χ0) is 15.2. The van der Waals surface area contributed by atoms with Crippen molar-refractivity contribution in [3.8, 4) is 5.75 Å². The third-order valence-electron chi connectivity index (χ3n) is 2.45. The molecule has 1 rings (SSSR count). The van der Waals surface area contributed by atoms with Gasteiger partial charge in [0, 0.05) is 30.7 Å². The largest absolute Gasteiger partial charge is 0.495 e. The van der Waals surface area contributed by atoms with Gasteiger partial charge in [-0.1, -0.05) is 11.6 Å². The fourth-order valence-corrected chi connectivity index (χ4v) is 2.87. The summed E-state index contributed by atoms with van der Waals surface area (Å²) in [6.07, 6.45) is -0.469. The number of sulfonamides is 1. The summed E-state index contributed by atoms with van der Waals surface area (Å²) in [6.45, 7) is 2.68. The number of nitrogens with one attached hydrogen (secondary N) is 2. The second-order valence-electron chi connectivity index (χ2n) is 4.25. The highest BCUT2D eigenvalue weighted by Gasteiger charge is 2.18. The van der Waals surface area contributed by atoms with Crippen LogP contribution in [-0.4, -0.2) is 46.4 Å². The fraction of sp³-hybridized carbons (Fsp3) is 0.500. The molecule has 0 aliphatic carbocycles. The van der Waals surface area contributed by atoms with Gasteiger partial charge in [0.05, 0.1) is 13.2 Å². The minimum absolute atomic E-state index is 0.0416. The average Bonchev–Trinajstić information content (AvgIpc) is 2.37. The summed E-state index contributed by atoms with van der Waals surface area (Å²) in [4.78, 5) is 0.0416. The van der Waals surface area contributed by atoms with Crippen molar-refractivity contribution in [1.29, 1.82) is 0 Å². The van der Waals surface area contributed by atoms with Crippen LogP contribution in [0.4, 0.5) is 0 Å². The first-order chi connectivity index (χ1) is 9.36. The summed E-state index contributed by atoms with van der Waals surface area (Å²) < 4.78 is 31.7. The highest BCUT2D eigenvalue weighted by atomic mass is 35.5. The number of halogens is 1. The van der Waals surface area contributed by atoms with Gasteiger partial charge in [-0.25, -0.2) is 13.1 Å². The molecule has 1 aromatic carbocycles. The van der Waals surface area contributed by atoms with E-state index in [1.54, 1.807) is 6.92 Å². The predicted molar refractivity (Wildman–Crippen MR) is 77.7 cm³/mol. The predicted octanol–water partition coefficient (Wildman–Crippen LogP) is 0.597. The van der Waals surface area contributed by atoms with Crippen molar-refractivity contribution in [2.24, 2.45) is 0 Å². The molecule has 6 nitrogen and oxygen atoms in total. The van der Waals surface area contributed by atoms with Crippen molar-refractivity contribution < 1.29 is 18.3 Å². The van der Waals surface area contributed by atoms with Gasteiger partial charge in [0.15, 0.2) is 0 Å². The van der Waals surface area contributed by atoms with Crippen LogP contribution in [0.2, 0.25) is 5.02 Å². The first kappa shape index (κ1) is 17.2. The van der Waals surface area contributed by atoms with Crippen molar-refractivity contribution in [3.05, 3.63) is 23.2 Å². The fourth-order valence-electron chi connectivity index (χ4n) is 1.53. The molecule has 8 heteroatoms. The molecule has 0 radical (unpaired) electrons. The summed E-state index contributed by atoms with van der Waals surface area (Å²) in [7, 11) is -2.27. The van der Waals surface area contributed by atoms with E-state index in [0.29, 0.717) is 18.1 Å². The van der Waals surface area contributed by atoms with Gasteiger partial charge >= 0.3 is 0 Å². The number of benzene rings is 1. The molecule has 20 heavy (non-hydrogen) atoms. The Labute approximate surface area is 124 Å². The molecule has 0 aromatic heterocycles. The third kappa shape index (κ3) is 5.26. The third-order valence-corrected chi connectivity index (χ3v) is 4.18. The molecule has 0 fully saturated rings. The van der Waals surface area contributed by atoms with Crippen LogP contribution in [0.1, 0.15) is 6.92 Å². The Bertz CT molecular complexity index is 534. The van der Waals surface area contributed by atoms with E-state index in [9.17, 15) is 8.42 Å². The maximum atomic E-state index is 12.1. The lowest BCUT2D eigenvalue weighted by atomic mass is 10.3. The zero-order valence-electron chi connectivity index (χ0n) is 11.4. The Balaban J connectivity index is 2.65. The van der Waals surface area contributed by atoms with Crippen molar-refractivity contribution >= 4 is 21.6 Å². The van der Waals surface area contributed by atoms with Crippen LogP contribution in [-0.2, 0) is 10.0 Å². The second kappa shape index (κ2) is 7.80. The Morgan fingerprint density at radius 3 is 2.70 bits per heavy atom. The number of ether oxygens (including phenoxy) is 1. The Kier molecular flexibility index (Phi) is 6.70. The molecule has 0 spiro atoms. The maximum absolute atomic E-state index is 12.1. The van der Waals surface area contributed by atoms with E-state index in [1.165, 1.54) is 25.3 Å². The molecular formula is C12H19ClN2O4S. The van der Waals surface area contributed by atoms with E-state index in [4.69, 9.17) is 21.4 Å². The van der Waals surface area contributed by atoms with E-state index >= 15 is 0 Å². The average molecular weight is 323 g/mol. The molecule has 0 aliphatic heterocycles. The van der Waals surface area contributed by atoms with Crippen molar-refractivity contribution in [3.63, 3.8) is 0 Å². The molecular weight excluding hydrogens is 304 g/mol. The van der Waals surface area contributed by atoms with Gasteiger partial charge in [-0.05, 0) is 19.1 Å². The monoisotopic (exact) mass is 322 g/mol. The second-order valence-corrected chi connectivity index (χ2v) is 6.42. The first-order valence-electron chi connectivity index (χ1n) is 6.09. The number of methoxy groups -OCH3 is 1. The lowest BCUT2D eigenvalue weighted by molar-refractivity contribution is 0.192. The quantitative estimate of drug-likeness (QED) is 0.610. The van der Waals surface area contributed by atoms with Crippen molar-refractivity contribution in [1.82, 2.24) is 10.0 Å². The Hall–Kier alpha value is -0.860. The van der Waals surface area contributed by atoms with Gasteiger partial charge in [-0.2, -0.15) is 0 Å². The van der Waals surface area contributed by atoms with E-state index < -0.39 is 16.1 Å². The van der Waals surface area contributed by atoms with Gasteiger partial charge in [-0.15, -0.1) is 0 Å². The Morgan fingerprint density at radius 1 is 1.40 bits per heavy atom. The molecule has 3 N–H and O–H groups in total. The number of aliphatic hydroxyl groups is 1. The van der Waals surface area contributed by atoms with Gasteiger partial charge < -0.3 is 15.2 Å². The molecule has 0 amide bonds. The van der Waals surface area contributed by atoms with E-state index in [1.807, 2.05) is 0 Å². The van der Waals surface area contributed by atoms with Crippen LogP contribution in [0.3, 0.4) is 0 Å². The lowest BCUT2D eigenvalue weighted by Gasteiger charge is -2.11. The molecule has 1 unspecified atom stereocenters. The van der Waals surface area contributed by atoms with Crippen LogP contribution < -0.4 is 14.8 Å². The zero-order valence-corrected chi connectivity index (χ0v) is 13.0. The molecule has 0 bridgehead atoms. The smallest absolute Gasteiger partial charge is 0.244 e. The van der Waals surface area contributed by atoms with Crippen LogP contribution in [0, 0.1) is 0 Å². The molecule has 1 aromatic rings. The summed E-state index contributed by atoms with van der Waals surface area (Å²) in [5, 5.41) is 12.4. The lowest BCUT2D eigenvalue weighted by Crippen LogP contribution is -2.34. The van der Waals surface area contributed by atoms with Crippen LogP contribution in [0.15, 0.2) is 23.1 Å². The first-order valence-corrected chi connectivity index (χ1v) is 7.95. The topological polar surface area (TPSA) is 87.7 Å². The summed E-state index contributed by atoms with van der Waals surface area (Å²) in [5.41, 5.74) is 0. The van der Waals surface area contributed by atoms with Crippen molar-refractivity contribution in [2.75, 3.05) is 26.7 Å². The van der Waals surface area contributed by atoms with Crippen LogP contribution >= 0.6 is 11.6 Å². The minimum atomic E-state index is -3.66. The standard InChI is InChI=1S/C12H19ClN2O4S/c1-9(16)8-14-5-6-15-20(17,18)12-4-3-10(13)7-11(12)19-2/h3-4,7,9,14-16H,5-6,8H2,1-2H3. The SMILES string of the molecule is COc1cc(Cl)ccc1S(=O)(=O)NCCNCC(C)O. The van der Waals surface area contributed by atoms with Gasteiger partial charge in [0.25, 0.3) is 0 Å². The van der Waals surface area contributed by atoms with E-state index in [-0.39, 0.29) is 17.2 Å². The maximum Gasteiger partial charge on any atom is 0.244 e. The molecule has 0 aliphatic rings. The number of rotatable bonds is 8. The van der Waals surface area contributed by atoms with Gasteiger partial charge in [0.1, 0.15) is 10.6 Å². The van der Waals surface area contributed by atoms with Crippen LogP contribution in [0.25, 0.3) is 0 Å². The van der Waals surface area contributed by atoms with Crippen molar-refractivity contribution in [2.45, 2.75) is 17.9 Å². The summed E-state index contributed by atoms with van der Waals surface area (Å²) in [6, 6.07) is 4.33. The molecule has 0 saturated heterocycles. The van der Waals surface area contributed by atoms with E-state index in [0.717, 1.165) is 0 Å². The highest BCUT2D eigenvalue weighted by molar-refractivity contribution is 7.89. The normalized spacial score (nSPS) is 13.2.